The van der Waals surface area contributed by atoms with Gasteiger partial charge in [-0.15, -0.1) is 0 Å². The largest absolute Gasteiger partial charge is 0.381 e. The smallest absolute Gasteiger partial charge is 0.220 e. The summed E-state index contributed by atoms with van der Waals surface area (Å²) in [5, 5.41) is 6.45. The lowest BCUT2D eigenvalue weighted by atomic mass is 9.94. The van der Waals surface area contributed by atoms with Crippen molar-refractivity contribution in [3.05, 3.63) is 0 Å². The Kier molecular flexibility index (Phi) is 5.94. The monoisotopic (exact) mass is 254 g/mol. The highest BCUT2D eigenvalue weighted by Gasteiger charge is 2.17. The number of carbonyl (C=O) groups is 1. The van der Waals surface area contributed by atoms with E-state index in [4.69, 9.17) is 4.74 Å². The molecule has 2 rings (SSSR count). The molecule has 0 aromatic rings. The summed E-state index contributed by atoms with van der Waals surface area (Å²) in [6.45, 7) is 4.79. The van der Waals surface area contributed by atoms with Gasteiger partial charge in [-0.3, -0.25) is 4.79 Å². The van der Waals surface area contributed by atoms with Crippen LogP contribution < -0.4 is 10.6 Å². The summed E-state index contributed by atoms with van der Waals surface area (Å²) in [4.78, 5) is 11.8. The zero-order valence-electron chi connectivity index (χ0n) is 11.2. The first-order valence-corrected chi connectivity index (χ1v) is 7.40. The maximum Gasteiger partial charge on any atom is 0.220 e. The van der Waals surface area contributed by atoms with Gasteiger partial charge in [-0.25, -0.2) is 0 Å². The predicted molar refractivity (Wildman–Crippen MR) is 71.4 cm³/mol. The summed E-state index contributed by atoms with van der Waals surface area (Å²) in [6.07, 6.45) is 6.44. The molecule has 2 N–H and O–H groups in total. The molecule has 104 valence electrons. The molecule has 0 spiro atoms. The van der Waals surface area contributed by atoms with Crippen molar-refractivity contribution in [2.45, 2.75) is 38.5 Å². The lowest BCUT2D eigenvalue weighted by Crippen LogP contribution is -2.32. The third kappa shape index (κ3) is 4.94. The van der Waals surface area contributed by atoms with E-state index >= 15 is 0 Å². The third-order valence-corrected chi connectivity index (χ3v) is 4.15. The maximum absolute atomic E-state index is 11.8. The molecule has 4 nitrogen and oxygen atoms in total. The fraction of sp³-hybridized carbons (Fsp3) is 0.929. The van der Waals surface area contributed by atoms with Gasteiger partial charge in [-0.1, -0.05) is 0 Å². The maximum atomic E-state index is 11.8. The number of amides is 1. The van der Waals surface area contributed by atoms with Gasteiger partial charge in [0, 0.05) is 26.2 Å². The standard InChI is InChI=1S/C14H26N2O2/c17-14(11-13-4-9-18-10-5-13)16-8-3-12-1-6-15-7-2-12/h12-13,15H,1-11H2,(H,16,17). The number of rotatable bonds is 5. The second-order valence-electron chi connectivity index (χ2n) is 5.59. The fourth-order valence-electron chi connectivity index (χ4n) is 2.87. The molecule has 18 heavy (non-hydrogen) atoms. The Morgan fingerprint density at radius 3 is 2.56 bits per heavy atom. The topological polar surface area (TPSA) is 50.4 Å². The molecular formula is C14H26N2O2. The Labute approximate surface area is 110 Å². The SMILES string of the molecule is O=C(CC1CCOCC1)NCCC1CCNCC1. The van der Waals surface area contributed by atoms with Gasteiger partial charge in [-0.2, -0.15) is 0 Å². The van der Waals surface area contributed by atoms with Gasteiger partial charge in [0.15, 0.2) is 0 Å². The van der Waals surface area contributed by atoms with Crippen molar-refractivity contribution >= 4 is 5.91 Å². The van der Waals surface area contributed by atoms with E-state index in [0.717, 1.165) is 58.0 Å². The van der Waals surface area contributed by atoms with Crippen LogP contribution >= 0.6 is 0 Å². The summed E-state index contributed by atoms with van der Waals surface area (Å²) in [6, 6.07) is 0. The molecule has 0 aromatic heterocycles. The van der Waals surface area contributed by atoms with Crippen LogP contribution in [0.1, 0.15) is 38.5 Å². The molecule has 4 heteroatoms. The molecule has 2 heterocycles. The van der Waals surface area contributed by atoms with Crippen LogP contribution in [0.25, 0.3) is 0 Å². The summed E-state index contributed by atoms with van der Waals surface area (Å²) in [5.41, 5.74) is 0. The zero-order chi connectivity index (χ0) is 12.6. The summed E-state index contributed by atoms with van der Waals surface area (Å²) in [7, 11) is 0. The second kappa shape index (κ2) is 7.74. The zero-order valence-corrected chi connectivity index (χ0v) is 11.2. The predicted octanol–water partition coefficient (Wildman–Crippen LogP) is 1.31. The van der Waals surface area contributed by atoms with Crippen molar-refractivity contribution < 1.29 is 9.53 Å². The van der Waals surface area contributed by atoms with Gasteiger partial charge >= 0.3 is 0 Å². The van der Waals surface area contributed by atoms with Crippen LogP contribution in [0, 0.1) is 11.8 Å². The molecular weight excluding hydrogens is 228 g/mol. The minimum absolute atomic E-state index is 0.232. The van der Waals surface area contributed by atoms with Crippen molar-refractivity contribution in [2.24, 2.45) is 11.8 Å². The van der Waals surface area contributed by atoms with E-state index in [0.29, 0.717) is 12.3 Å². The quantitative estimate of drug-likeness (QED) is 0.778. The van der Waals surface area contributed by atoms with Gasteiger partial charge in [0.2, 0.25) is 5.91 Å². The van der Waals surface area contributed by atoms with Crippen molar-refractivity contribution in [3.63, 3.8) is 0 Å². The first kappa shape index (κ1) is 13.8. The Balaban J connectivity index is 1.53. The number of hydrogen-bond donors (Lipinski definition) is 2. The highest BCUT2D eigenvalue weighted by atomic mass is 16.5. The fourth-order valence-corrected chi connectivity index (χ4v) is 2.87. The van der Waals surface area contributed by atoms with Gasteiger partial charge in [0.25, 0.3) is 0 Å². The molecule has 0 unspecified atom stereocenters. The van der Waals surface area contributed by atoms with Crippen LogP contribution in [0.5, 0.6) is 0 Å². The summed E-state index contributed by atoms with van der Waals surface area (Å²) >= 11 is 0. The molecule has 1 amide bonds. The Bertz CT molecular complexity index is 246. The summed E-state index contributed by atoms with van der Waals surface area (Å²) < 4.78 is 5.30. The van der Waals surface area contributed by atoms with Crippen molar-refractivity contribution in [1.29, 1.82) is 0 Å². The van der Waals surface area contributed by atoms with Crippen LogP contribution in [0.4, 0.5) is 0 Å². The van der Waals surface area contributed by atoms with Crippen LogP contribution in [0.3, 0.4) is 0 Å². The molecule has 0 aliphatic carbocycles. The van der Waals surface area contributed by atoms with E-state index in [2.05, 4.69) is 10.6 Å². The molecule has 2 saturated heterocycles. The minimum Gasteiger partial charge on any atom is -0.381 e. The highest BCUT2D eigenvalue weighted by Crippen LogP contribution is 2.18. The lowest BCUT2D eigenvalue weighted by molar-refractivity contribution is -0.122. The number of piperidine rings is 1. The van der Waals surface area contributed by atoms with E-state index in [1.165, 1.54) is 12.8 Å². The first-order valence-electron chi connectivity index (χ1n) is 7.40. The Morgan fingerprint density at radius 1 is 1.11 bits per heavy atom. The number of carbonyl (C=O) groups excluding carboxylic acids is 1. The highest BCUT2D eigenvalue weighted by molar-refractivity contribution is 5.76. The van der Waals surface area contributed by atoms with Crippen LogP contribution in [-0.4, -0.2) is 38.8 Å². The van der Waals surface area contributed by atoms with E-state index in [-0.39, 0.29) is 5.91 Å². The Hall–Kier alpha value is -0.610. The average molecular weight is 254 g/mol. The number of hydrogen-bond acceptors (Lipinski definition) is 3. The van der Waals surface area contributed by atoms with Gasteiger partial charge in [0.1, 0.15) is 0 Å². The molecule has 0 atom stereocenters. The van der Waals surface area contributed by atoms with Crippen LogP contribution in [0.15, 0.2) is 0 Å². The molecule has 0 saturated carbocycles. The minimum atomic E-state index is 0.232. The van der Waals surface area contributed by atoms with E-state index in [9.17, 15) is 4.79 Å². The Morgan fingerprint density at radius 2 is 1.83 bits per heavy atom. The molecule has 0 radical (unpaired) electrons. The van der Waals surface area contributed by atoms with E-state index in [1.54, 1.807) is 0 Å². The lowest BCUT2D eigenvalue weighted by Gasteiger charge is -2.23. The van der Waals surface area contributed by atoms with Gasteiger partial charge < -0.3 is 15.4 Å². The van der Waals surface area contributed by atoms with Crippen molar-refractivity contribution in [2.75, 3.05) is 32.8 Å². The van der Waals surface area contributed by atoms with Crippen LogP contribution in [0.2, 0.25) is 0 Å². The van der Waals surface area contributed by atoms with Crippen molar-refractivity contribution in [3.8, 4) is 0 Å². The first-order chi connectivity index (χ1) is 8.84. The molecule has 2 fully saturated rings. The second-order valence-corrected chi connectivity index (χ2v) is 5.59. The number of ether oxygens (including phenoxy) is 1. The van der Waals surface area contributed by atoms with Gasteiger partial charge in [-0.05, 0) is 57.0 Å². The normalized spacial score (nSPS) is 22.9. The van der Waals surface area contributed by atoms with Gasteiger partial charge in [0.05, 0.1) is 0 Å². The summed E-state index contributed by atoms with van der Waals surface area (Å²) in [5.74, 6) is 1.57. The van der Waals surface area contributed by atoms with Crippen LogP contribution in [-0.2, 0) is 9.53 Å². The molecule has 2 aliphatic heterocycles. The average Bonchev–Trinajstić information content (AvgIpc) is 2.41. The van der Waals surface area contributed by atoms with E-state index < -0.39 is 0 Å². The number of nitrogens with one attached hydrogen (secondary N) is 2. The third-order valence-electron chi connectivity index (χ3n) is 4.15. The van der Waals surface area contributed by atoms with Crippen molar-refractivity contribution in [1.82, 2.24) is 10.6 Å². The molecule has 0 aromatic carbocycles. The van der Waals surface area contributed by atoms with E-state index in [1.807, 2.05) is 0 Å². The molecule has 0 bridgehead atoms. The molecule has 2 aliphatic rings.